The molecule has 3 heterocycles. The SMILES string of the molecule is Cc1nc(NCc2cccc(-c3cnc(Cl)nc3)c2)cc(-c2ccc3ncsc3c2)n1. The smallest absolute Gasteiger partial charge is 0.222 e. The first-order valence-electron chi connectivity index (χ1n) is 9.64. The van der Waals surface area contributed by atoms with Crippen molar-refractivity contribution >= 4 is 39.0 Å². The van der Waals surface area contributed by atoms with Crippen LogP contribution in [0.25, 0.3) is 32.6 Å². The lowest BCUT2D eigenvalue weighted by molar-refractivity contribution is 1.03. The quantitative estimate of drug-likeness (QED) is 0.346. The lowest BCUT2D eigenvalue weighted by atomic mass is 10.1. The molecule has 5 aromatic rings. The molecule has 3 aromatic heterocycles. The molecule has 1 N–H and O–H groups in total. The summed E-state index contributed by atoms with van der Waals surface area (Å²) in [6, 6.07) is 16.4. The summed E-state index contributed by atoms with van der Waals surface area (Å²) in [4.78, 5) is 21.6. The van der Waals surface area contributed by atoms with Crippen LogP contribution in [-0.2, 0) is 6.54 Å². The number of aromatic nitrogens is 5. The highest BCUT2D eigenvalue weighted by molar-refractivity contribution is 7.16. The van der Waals surface area contributed by atoms with Gasteiger partial charge in [-0.3, -0.25) is 0 Å². The summed E-state index contributed by atoms with van der Waals surface area (Å²) in [5, 5.41) is 3.66. The van der Waals surface area contributed by atoms with Crippen LogP contribution in [0, 0.1) is 6.92 Å². The number of rotatable bonds is 5. The summed E-state index contributed by atoms with van der Waals surface area (Å²) in [6.07, 6.45) is 3.45. The van der Waals surface area contributed by atoms with Crippen molar-refractivity contribution in [2.24, 2.45) is 0 Å². The van der Waals surface area contributed by atoms with E-state index in [4.69, 9.17) is 11.6 Å². The number of thiazole rings is 1. The van der Waals surface area contributed by atoms with Crippen LogP contribution in [0.15, 0.2) is 66.4 Å². The first-order chi connectivity index (χ1) is 15.1. The Labute approximate surface area is 188 Å². The number of aryl methyl sites for hydroxylation is 1. The van der Waals surface area contributed by atoms with Gasteiger partial charge in [0.25, 0.3) is 0 Å². The second-order valence-electron chi connectivity index (χ2n) is 7.02. The van der Waals surface area contributed by atoms with Crippen LogP contribution in [0.4, 0.5) is 5.82 Å². The molecule has 5 rings (SSSR count). The van der Waals surface area contributed by atoms with Crippen LogP contribution in [0.2, 0.25) is 5.28 Å². The van der Waals surface area contributed by atoms with Crippen LogP contribution >= 0.6 is 22.9 Å². The maximum Gasteiger partial charge on any atom is 0.222 e. The van der Waals surface area contributed by atoms with Crippen molar-refractivity contribution in [3.63, 3.8) is 0 Å². The van der Waals surface area contributed by atoms with Gasteiger partial charge < -0.3 is 5.32 Å². The van der Waals surface area contributed by atoms with Gasteiger partial charge in [0.15, 0.2) is 0 Å². The third-order valence-corrected chi connectivity index (χ3v) is 5.81. The summed E-state index contributed by atoms with van der Waals surface area (Å²) >= 11 is 7.42. The van der Waals surface area contributed by atoms with E-state index in [0.717, 1.165) is 49.8 Å². The van der Waals surface area contributed by atoms with Gasteiger partial charge in [-0.1, -0.05) is 24.3 Å². The molecule has 0 saturated heterocycles. The number of hydrogen-bond acceptors (Lipinski definition) is 7. The Morgan fingerprint density at radius 2 is 1.77 bits per heavy atom. The minimum absolute atomic E-state index is 0.242. The zero-order valence-corrected chi connectivity index (χ0v) is 18.2. The number of anilines is 1. The standard InChI is InChI=1S/C23H17ClN6S/c1-14-29-20(17-5-6-19-21(8-17)31-13-28-19)9-22(30-14)25-10-15-3-2-4-16(7-15)18-11-26-23(24)27-12-18/h2-9,11-13H,10H2,1H3,(H,25,29,30). The molecular formula is C23H17ClN6S. The number of fused-ring (bicyclic) bond motifs is 1. The third kappa shape index (κ3) is 4.38. The molecule has 152 valence electrons. The highest BCUT2D eigenvalue weighted by Crippen LogP contribution is 2.27. The summed E-state index contributed by atoms with van der Waals surface area (Å²) in [5.41, 5.74) is 7.88. The van der Waals surface area contributed by atoms with E-state index >= 15 is 0 Å². The molecule has 0 aliphatic carbocycles. The van der Waals surface area contributed by atoms with Gasteiger partial charge in [0.2, 0.25) is 5.28 Å². The zero-order chi connectivity index (χ0) is 21.2. The topological polar surface area (TPSA) is 76.5 Å². The van der Waals surface area contributed by atoms with Gasteiger partial charge in [-0.2, -0.15) is 0 Å². The first kappa shape index (κ1) is 19.5. The average molecular weight is 445 g/mol. The van der Waals surface area contributed by atoms with E-state index in [9.17, 15) is 0 Å². The second-order valence-corrected chi connectivity index (χ2v) is 8.24. The molecule has 8 heteroatoms. The van der Waals surface area contributed by atoms with E-state index in [2.05, 4.69) is 48.4 Å². The molecule has 0 aliphatic rings. The minimum atomic E-state index is 0.242. The summed E-state index contributed by atoms with van der Waals surface area (Å²) in [5.74, 6) is 1.50. The molecule has 0 amide bonds. The van der Waals surface area contributed by atoms with Crippen molar-refractivity contribution in [2.45, 2.75) is 13.5 Å². The summed E-state index contributed by atoms with van der Waals surface area (Å²) < 4.78 is 1.14. The van der Waals surface area contributed by atoms with Gasteiger partial charge in [0.1, 0.15) is 11.6 Å². The Hall–Kier alpha value is -3.42. The van der Waals surface area contributed by atoms with E-state index < -0.39 is 0 Å². The van der Waals surface area contributed by atoms with Gasteiger partial charge in [-0.25, -0.2) is 24.9 Å². The monoisotopic (exact) mass is 444 g/mol. The average Bonchev–Trinajstić information content (AvgIpc) is 3.26. The molecule has 0 bridgehead atoms. The van der Waals surface area contributed by atoms with E-state index in [0.29, 0.717) is 6.54 Å². The highest BCUT2D eigenvalue weighted by Gasteiger charge is 2.07. The molecular weight excluding hydrogens is 428 g/mol. The highest BCUT2D eigenvalue weighted by atomic mass is 35.5. The van der Waals surface area contributed by atoms with Gasteiger partial charge in [-0.05, 0) is 47.9 Å². The number of nitrogens with one attached hydrogen (secondary N) is 1. The maximum absolute atomic E-state index is 5.79. The molecule has 0 atom stereocenters. The van der Waals surface area contributed by atoms with Crippen LogP contribution < -0.4 is 5.32 Å². The van der Waals surface area contributed by atoms with Crippen molar-refractivity contribution in [3.05, 3.63) is 83.1 Å². The zero-order valence-electron chi connectivity index (χ0n) is 16.6. The van der Waals surface area contributed by atoms with Crippen LogP contribution in [-0.4, -0.2) is 24.9 Å². The Balaban J connectivity index is 1.37. The summed E-state index contributed by atoms with van der Waals surface area (Å²) in [6.45, 7) is 2.53. The summed E-state index contributed by atoms with van der Waals surface area (Å²) in [7, 11) is 0. The fraction of sp³-hybridized carbons (Fsp3) is 0.0870. The van der Waals surface area contributed by atoms with Crippen LogP contribution in [0.3, 0.4) is 0 Å². The van der Waals surface area contributed by atoms with Gasteiger partial charge in [-0.15, -0.1) is 11.3 Å². The van der Waals surface area contributed by atoms with Gasteiger partial charge in [0.05, 0.1) is 21.4 Å². The van der Waals surface area contributed by atoms with Crippen molar-refractivity contribution in [1.29, 1.82) is 0 Å². The minimum Gasteiger partial charge on any atom is -0.366 e. The number of benzene rings is 2. The molecule has 2 aromatic carbocycles. The molecule has 6 nitrogen and oxygen atoms in total. The van der Waals surface area contributed by atoms with Crippen molar-refractivity contribution in [1.82, 2.24) is 24.9 Å². The number of nitrogens with zero attached hydrogens (tertiary/aromatic N) is 5. The fourth-order valence-corrected chi connectivity index (χ4v) is 4.15. The molecule has 31 heavy (non-hydrogen) atoms. The van der Waals surface area contributed by atoms with Crippen LogP contribution in [0.5, 0.6) is 0 Å². The lowest BCUT2D eigenvalue weighted by Gasteiger charge is -2.10. The molecule has 0 fully saturated rings. The maximum atomic E-state index is 5.79. The third-order valence-electron chi connectivity index (χ3n) is 4.82. The predicted octanol–water partition coefficient (Wildman–Crippen LogP) is 5.78. The van der Waals surface area contributed by atoms with Crippen molar-refractivity contribution in [3.8, 4) is 22.4 Å². The molecule has 0 aliphatic heterocycles. The Kier molecular flexibility index (Phi) is 5.28. The van der Waals surface area contributed by atoms with E-state index in [-0.39, 0.29) is 5.28 Å². The van der Waals surface area contributed by atoms with Gasteiger partial charge in [0, 0.05) is 36.1 Å². The largest absolute Gasteiger partial charge is 0.366 e. The van der Waals surface area contributed by atoms with Gasteiger partial charge >= 0.3 is 0 Å². The van der Waals surface area contributed by atoms with E-state index in [1.54, 1.807) is 23.7 Å². The molecule has 0 saturated carbocycles. The Bertz CT molecular complexity index is 1370. The fourth-order valence-electron chi connectivity index (χ4n) is 3.34. The van der Waals surface area contributed by atoms with Crippen molar-refractivity contribution < 1.29 is 0 Å². The Morgan fingerprint density at radius 1 is 0.903 bits per heavy atom. The number of halogens is 1. The Morgan fingerprint density at radius 3 is 2.65 bits per heavy atom. The second kappa shape index (κ2) is 8.37. The lowest BCUT2D eigenvalue weighted by Crippen LogP contribution is -2.04. The molecule has 0 radical (unpaired) electrons. The predicted molar refractivity (Wildman–Crippen MR) is 125 cm³/mol. The normalized spacial score (nSPS) is 11.0. The molecule has 0 spiro atoms. The van der Waals surface area contributed by atoms with Crippen LogP contribution in [0.1, 0.15) is 11.4 Å². The number of hydrogen-bond donors (Lipinski definition) is 1. The van der Waals surface area contributed by atoms with Crippen molar-refractivity contribution in [2.75, 3.05) is 5.32 Å². The molecule has 0 unspecified atom stereocenters. The van der Waals surface area contributed by atoms with E-state index in [1.165, 1.54) is 0 Å². The first-order valence-corrected chi connectivity index (χ1v) is 10.9. The van der Waals surface area contributed by atoms with E-state index in [1.807, 2.05) is 42.8 Å².